The average molecular weight is 490 g/mol. The summed E-state index contributed by atoms with van der Waals surface area (Å²) >= 11 is 0. The summed E-state index contributed by atoms with van der Waals surface area (Å²) in [5, 5.41) is 34.9. The second-order valence-corrected chi connectivity index (χ2v) is 8.01. The Morgan fingerprint density at radius 1 is 0.882 bits per heavy atom. The minimum absolute atomic E-state index is 0.129. The van der Waals surface area contributed by atoms with Crippen molar-refractivity contribution in [2.45, 2.75) is 70.3 Å². The largest absolute Gasteiger partial charge is 0.481 e. The summed E-state index contributed by atoms with van der Waals surface area (Å²) in [5.41, 5.74) is 16.1. The van der Waals surface area contributed by atoms with E-state index in [0.717, 1.165) is 0 Å². The van der Waals surface area contributed by atoms with Crippen molar-refractivity contribution in [2.24, 2.45) is 28.1 Å². The number of carboxylic acid groups (broad SMARTS) is 2. The standard InChI is InChI=1S/C19H35N7O8/c1-8(2)13(18(33)34)25-17(32)14(9(3)27)26-16(31)11(7-12(28)29)24-15(30)10(20)5-4-6-23-19(21)22/h8-11,13-14,27H,4-7,20H2,1-3H3,(H,24,30)(H,25,32)(H,26,31)(H,28,29)(H,33,34)(H4,21,22,23). The Morgan fingerprint density at radius 3 is 1.88 bits per heavy atom. The average Bonchev–Trinajstić information content (AvgIpc) is 2.70. The van der Waals surface area contributed by atoms with Crippen LogP contribution in [0.3, 0.4) is 0 Å². The highest BCUT2D eigenvalue weighted by molar-refractivity contribution is 5.95. The molecule has 3 amide bonds. The molecule has 5 atom stereocenters. The third-order valence-electron chi connectivity index (χ3n) is 4.61. The molecule has 15 nitrogen and oxygen atoms in total. The molecule has 0 aliphatic rings. The number of aliphatic hydroxyl groups excluding tert-OH is 1. The number of aliphatic imine (C=N–C) groups is 1. The third kappa shape index (κ3) is 11.4. The SMILES string of the molecule is CC(C)C(NC(=O)C(NC(=O)C(CC(=O)O)NC(=O)C(N)CCCN=C(N)N)C(C)O)C(=O)O. The molecule has 0 spiro atoms. The Labute approximate surface area is 196 Å². The zero-order valence-electron chi connectivity index (χ0n) is 19.4. The first kappa shape index (κ1) is 30.5. The van der Waals surface area contributed by atoms with Crippen molar-refractivity contribution in [2.75, 3.05) is 6.54 Å². The maximum absolute atomic E-state index is 12.7. The molecular weight excluding hydrogens is 454 g/mol. The highest BCUT2D eigenvalue weighted by atomic mass is 16.4. The summed E-state index contributed by atoms with van der Waals surface area (Å²) in [5.74, 6) is -6.28. The summed E-state index contributed by atoms with van der Waals surface area (Å²) in [6.45, 7) is 4.48. The highest BCUT2D eigenvalue weighted by Gasteiger charge is 2.34. The van der Waals surface area contributed by atoms with Crippen LogP contribution in [-0.4, -0.2) is 87.8 Å². The van der Waals surface area contributed by atoms with Gasteiger partial charge in [-0.25, -0.2) is 4.79 Å². The van der Waals surface area contributed by atoms with Crippen LogP contribution >= 0.6 is 0 Å². The maximum atomic E-state index is 12.7. The number of hydrogen-bond donors (Lipinski definition) is 9. The molecule has 0 saturated heterocycles. The Kier molecular flexibility index (Phi) is 13.2. The summed E-state index contributed by atoms with van der Waals surface area (Å²) in [6, 6.07) is -5.63. The van der Waals surface area contributed by atoms with Crippen molar-refractivity contribution in [3.8, 4) is 0 Å². The fourth-order valence-corrected chi connectivity index (χ4v) is 2.73. The lowest BCUT2D eigenvalue weighted by Gasteiger charge is -2.27. The minimum Gasteiger partial charge on any atom is -0.481 e. The number of carbonyl (C=O) groups is 5. The van der Waals surface area contributed by atoms with E-state index in [-0.39, 0.29) is 18.9 Å². The van der Waals surface area contributed by atoms with Crippen LogP contribution in [-0.2, 0) is 24.0 Å². The molecule has 15 heteroatoms. The molecule has 0 saturated carbocycles. The van der Waals surface area contributed by atoms with Gasteiger partial charge in [0.25, 0.3) is 0 Å². The number of guanidine groups is 1. The Bertz CT molecular complexity index is 768. The first-order valence-corrected chi connectivity index (χ1v) is 10.5. The van der Waals surface area contributed by atoms with Crippen molar-refractivity contribution in [3.05, 3.63) is 0 Å². The quantitative estimate of drug-likeness (QED) is 0.0616. The minimum atomic E-state index is -1.62. The van der Waals surface area contributed by atoms with Gasteiger partial charge < -0.3 is 48.5 Å². The molecular formula is C19H35N7O8. The van der Waals surface area contributed by atoms with Crippen molar-refractivity contribution in [1.29, 1.82) is 0 Å². The molecule has 0 aliphatic carbocycles. The van der Waals surface area contributed by atoms with Gasteiger partial charge >= 0.3 is 11.9 Å². The molecule has 0 aliphatic heterocycles. The smallest absolute Gasteiger partial charge is 0.326 e. The summed E-state index contributed by atoms with van der Waals surface area (Å²) in [7, 11) is 0. The third-order valence-corrected chi connectivity index (χ3v) is 4.61. The van der Waals surface area contributed by atoms with Gasteiger partial charge in [0, 0.05) is 6.54 Å². The summed E-state index contributed by atoms with van der Waals surface area (Å²) in [6.07, 6.45) is -1.83. The summed E-state index contributed by atoms with van der Waals surface area (Å²) in [4.78, 5) is 63.8. The Balaban J connectivity index is 5.33. The molecule has 0 fully saturated rings. The monoisotopic (exact) mass is 489 g/mol. The molecule has 0 bridgehead atoms. The van der Waals surface area contributed by atoms with Crippen molar-refractivity contribution >= 4 is 35.6 Å². The van der Waals surface area contributed by atoms with Crippen LogP contribution in [0.4, 0.5) is 0 Å². The molecule has 0 heterocycles. The van der Waals surface area contributed by atoms with Crippen LogP contribution in [0.25, 0.3) is 0 Å². The molecule has 0 radical (unpaired) electrons. The lowest BCUT2D eigenvalue weighted by Crippen LogP contribution is -2.60. The van der Waals surface area contributed by atoms with Crippen LogP contribution in [0.15, 0.2) is 4.99 Å². The van der Waals surface area contributed by atoms with E-state index in [1.807, 2.05) is 0 Å². The predicted octanol–water partition coefficient (Wildman–Crippen LogP) is -3.58. The number of aliphatic carboxylic acids is 2. The molecule has 0 aromatic carbocycles. The Hall–Kier alpha value is -3.46. The lowest BCUT2D eigenvalue weighted by molar-refractivity contribution is -0.145. The molecule has 0 aromatic heterocycles. The molecule has 0 rings (SSSR count). The first-order valence-electron chi connectivity index (χ1n) is 10.5. The van der Waals surface area contributed by atoms with E-state index in [9.17, 15) is 34.2 Å². The number of amides is 3. The number of nitrogens with zero attached hydrogens (tertiary/aromatic N) is 1. The molecule has 12 N–H and O–H groups in total. The van der Waals surface area contributed by atoms with Crippen LogP contribution < -0.4 is 33.2 Å². The van der Waals surface area contributed by atoms with Crippen LogP contribution in [0.1, 0.15) is 40.0 Å². The van der Waals surface area contributed by atoms with Crippen molar-refractivity contribution < 1.29 is 39.3 Å². The molecule has 34 heavy (non-hydrogen) atoms. The predicted molar refractivity (Wildman–Crippen MR) is 120 cm³/mol. The number of carbonyl (C=O) groups excluding carboxylic acids is 3. The fourth-order valence-electron chi connectivity index (χ4n) is 2.73. The van der Waals surface area contributed by atoms with Gasteiger partial charge in [-0.2, -0.15) is 0 Å². The maximum Gasteiger partial charge on any atom is 0.326 e. The van der Waals surface area contributed by atoms with Crippen molar-refractivity contribution in [3.63, 3.8) is 0 Å². The van der Waals surface area contributed by atoms with E-state index in [2.05, 4.69) is 20.9 Å². The first-order chi connectivity index (χ1) is 15.7. The highest BCUT2D eigenvalue weighted by Crippen LogP contribution is 2.05. The fraction of sp³-hybridized carbons (Fsp3) is 0.684. The zero-order valence-corrected chi connectivity index (χ0v) is 19.4. The number of aliphatic hydroxyl groups is 1. The molecule has 0 aromatic rings. The van der Waals surface area contributed by atoms with Gasteiger partial charge in [-0.3, -0.25) is 24.2 Å². The lowest BCUT2D eigenvalue weighted by atomic mass is 10.0. The van der Waals surface area contributed by atoms with Gasteiger partial charge in [-0.15, -0.1) is 0 Å². The van der Waals surface area contributed by atoms with E-state index < -0.39 is 72.3 Å². The van der Waals surface area contributed by atoms with E-state index in [1.165, 1.54) is 6.92 Å². The second-order valence-electron chi connectivity index (χ2n) is 8.01. The number of rotatable bonds is 15. The van der Waals surface area contributed by atoms with Gasteiger partial charge in [0.2, 0.25) is 17.7 Å². The number of carboxylic acids is 2. The normalized spacial score (nSPS) is 15.2. The van der Waals surface area contributed by atoms with E-state index in [0.29, 0.717) is 6.42 Å². The second kappa shape index (κ2) is 14.6. The molecule has 194 valence electrons. The van der Waals surface area contributed by atoms with Gasteiger partial charge in [0.05, 0.1) is 18.6 Å². The van der Waals surface area contributed by atoms with Gasteiger partial charge in [0.1, 0.15) is 18.1 Å². The Morgan fingerprint density at radius 2 is 1.44 bits per heavy atom. The topological polar surface area (TPSA) is 273 Å². The van der Waals surface area contributed by atoms with Crippen LogP contribution in [0.2, 0.25) is 0 Å². The zero-order chi connectivity index (χ0) is 26.6. The van der Waals surface area contributed by atoms with Crippen LogP contribution in [0.5, 0.6) is 0 Å². The van der Waals surface area contributed by atoms with Gasteiger partial charge in [0.15, 0.2) is 5.96 Å². The van der Waals surface area contributed by atoms with Crippen LogP contribution in [0, 0.1) is 5.92 Å². The van der Waals surface area contributed by atoms with E-state index in [1.54, 1.807) is 13.8 Å². The van der Waals surface area contributed by atoms with E-state index in [4.69, 9.17) is 22.3 Å². The summed E-state index contributed by atoms with van der Waals surface area (Å²) < 4.78 is 0. The van der Waals surface area contributed by atoms with E-state index >= 15 is 0 Å². The number of nitrogens with two attached hydrogens (primary N) is 3. The van der Waals surface area contributed by atoms with Gasteiger partial charge in [-0.05, 0) is 25.7 Å². The number of nitrogens with one attached hydrogen (secondary N) is 3. The van der Waals surface area contributed by atoms with Crippen molar-refractivity contribution in [1.82, 2.24) is 16.0 Å². The van der Waals surface area contributed by atoms with Gasteiger partial charge in [-0.1, -0.05) is 13.8 Å². The molecule has 5 unspecified atom stereocenters. The number of hydrogen-bond acceptors (Lipinski definition) is 8.